The van der Waals surface area contributed by atoms with E-state index < -0.39 is 5.92 Å². The van der Waals surface area contributed by atoms with Crippen LogP contribution in [-0.2, 0) is 0 Å². The summed E-state index contributed by atoms with van der Waals surface area (Å²) in [6, 6.07) is 13.5. The Morgan fingerprint density at radius 2 is 1.25 bits per heavy atom. The molecule has 0 amide bonds. The van der Waals surface area contributed by atoms with Gasteiger partial charge in [0.1, 0.15) is 11.5 Å². The van der Waals surface area contributed by atoms with Crippen LogP contribution in [0.1, 0.15) is 27.1 Å². The number of hydrogen-bond donors (Lipinski definition) is 0. The molecule has 0 aliphatic carbocycles. The monoisotopic (exact) mass is 324 g/mol. The number of carbonyl (C=O) groups is 2. The van der Waals surface area contributed by atoms with Gasteiger partial charge >= 0.3 is 0 Å². The lowest BCUT2D eigenvalue weighted by molar-refractivity contribution is 0.0809. The molecule has 0 aromatic heterocycles. The lowest BCUT2D eigenvalue weighted by Gasteiger charge is -2.14. The van der Waals surface area contributed by atoms with E-state index in [1.807, 2.05) is 0 Å². The van der Waals surface area contributed by atoms with Crippen molar-refractivity contribution in [3.63, 3.8) is 0 Å². The third-order valence-corrected chi connectivity index (χ3v) is 3.78. The van der Waals surface area contributed by atoms with Gasteiger partial charge in [0.2, 0.25) is 0 Å². The smallest absolute Gasteiger partial charge is 0.174 e. The zero-order valence-electron chi connectivity index (χ0n) is 13.8. The molecule has 124 valence electrons. The summed E-state index contributed by atoms with van der Waals surface area (Å²) in [6.45, 7) is 3.66. The maximum atomic E-state index is 12.7. The quantitative estimate of drug-likeness (QED) is 0.419. The first-order valence-electron chi connectivity index (χ1n) is 7.58. The standard InChI is InChI=1S/C20H20O4/c1-4-5-18(19(21)14-6-10-16(23-2)11-7-14)20(22)15-8-12-17(24-3)13-9-15/h4,6-13,18H,1,5H2,2-3H3. The summed E-state index contributed by atoms with van der Waals surface area (Å²) in [6.07, 6.45) is 1.88. The molecular weight excluding hydrogens is 304 g/mol. The van der Waals surface area contributed by atoms with Gasteiger partial charge in [-0.1, -0.05) is 6.08 Å². The number of rotatable bonds is 8. The lowest BCUT2D eigenvalue weighted by atomic mass is 9.87. The van der Waals surface area contributed by atoms with Gasteiger partial charge < -0.3 is 9.47 Å². The second-order valence-corrected chi connectivity index (χ2v) is 5.26. The van der Waals surface area contributed by atoms with Gasteiger partial charge in [-0.25, -0.2) is 0 Å². The third kappa shape index (κ3) is 3.90. The van der Waals surface area contributed by atoms with Crippen molar-refractivity contribution in [2.75, 3.05) is 14.2 Å². The van der Waals surface area contributed by atoms with Crippen molar-refractivity contribution in [2.24, 2.45) is 5.92 Å². The second kappa shape index (κ2) is 8.11. The average Bonchev–Trinajstić information content (AvgIpc) is 2.65. The Balaban J connectivity index is 2.27. The molecule has 0 unspecified atom stereocenters. The Morgan fingerprint density at radius 3 is 1.54 bits per heavy atom. The Bertz CT molecular complexity index is 655. The minimum absolute atomic E-state index is 0.224. The normalized spacial score (nSPS) is 10.3. The lowest BCUT2D eigenvalue weighted by Crippen LogP contribution is -2.24. The number of ether oxygens (including phenoxy) is 2. The molecular formula is C20H20O4. The Kier molecular flexibility index (Phi) is 5.90. The number of benzene rings is 2. The molecule has 0 aliphatic heterocycles. The number of methoxy groups -OCH3 is 2. The van der Waals surface area contributed by atoms with Crippen molar-refractivity contribution in [3.8, 4) is 11.5 Å². The Labute approximate surface area is 141 Å². The van der Waals surface area contributed by atoms with Gasteiger partial charge in [-0.3, -0.25) is 9.59 Å². The topological polar surface area (TPSA) is 52.6 Å². The van der Waals surface area contributed by atoms with Crippen LogP contribution >= 0.6 is 0 Å². The largest absolute Gasteiger partial charge is 0.497 e. The van der Waals surface area contributed by atoms with Crippen molar-refractivity contribution in [1.29, 1.82) is 0 Å². The van der Waals surface area contributed by atoms with Gasteiger partial charge in [-0.2, -0.15) is 0 Å². The Morgan fingerprint density at radius 1 is 0.875 bits per heavy atom. The molecule has 2 aromatic carbocycles. The van der Waals surface area contributed by atoms with E-state index in [1.54, 1.807) is 68.8 Å². The molecule has 0 N–H and O–H groups in total. The average molecular weight is 324 g/mol. The fourth-order valence-corrected chi connectivity index (χ4v) is 2.41. The van der Waals surface area contributed by atoms with Gasteiger partial charge in [-0.15, -0.1) is 6.58 Å². The van der Waals surface area contributed by atoms with Crippen molar-refractivity contribution >= 4 is 11.6 Å². The van der Waals surface area contributed by atoms with Crippen LogP contribution in [0.4, 0.5) is 0 Å². The first kappa shape index (κ1) is 17.5. The highest BCUT2D eigenvalue weighted by atomic mass is 16.5. The van der Waals surface area contributed by atoms with Gasteiger partial charge in [0.05, 0.1) is 20.1 Å². The number of hydrogen-bond acceptors (Lipinski definition) is 4. The third-order valence-electron chi connectivity index (χ3n) is 3.78. The van der Waals surface area contributed by atoms with Crippen LogP contribution in [0.2, 0.25) is 0 Å². The fraction of sp³-hybridized carbons (Fsp3) is 0.200. The minimum Gasteiger partial charge on any atom is -0.497 e. The molecule has 0 bridgehead atoms. The summed E-state index contributed by atoms with van der Waals surface area (Å²) in [4.78, 5) is 25.5. The molecule has 0 heterocycles. The van der Waals surface area contributed by atoms with Crippen molar-refractivity contribution in [1.82, 2.24) is 0 Å². The summed E-state index contributed by atoms with van der Waals surface area (Å²) in [5.41, 5.74) is 0.953. The molecule has 0 saturated carbocycles. The van der Waals surface area contributed by atoms with Crippen LogP contribution < -0.4 is 9.47 Å². The van der Waals surface area contributed by atoms with Crippen LogP contribution in [0.25, 0.3) is 0 Å². The van der Waals surface area contributed by atoms with Crippen LogP contribution in [0.3, 0.4) is 0 Å². The van der Waals surface area contributed by atoms with E-state index in [9.17, 15) is 9.59 Å². The van der Waals surface area contributed by atoms with Crippen molar-refractivity contribution in [3.05, 3.63) is 72.3 Å². The van der Waals surface area contributed by atoms with Crippen LogP contribution in [-0.4, -0.2) is 25.8 Å². The van der Waals surface area contributed by atoms with Crippen molar-refractivity contribution < 1.29 is 19.1 Å². The van der Waals surface area contributed by atoms with E-state index in [2.05, 4.69) is 6.58 Å². The summed E-state index contributed by atoms with van der Waals surface area (Å²) in [5.74, 6) is 0.0858. The minimum atomic E-state index is -0.788. The molecule has 2 aromatic rings. The number of Topliss-reactive ketones (excluding diaryl/α,β-unsaturated/α-hetero) is 2. The van der Waals surface area contributed by atoms with E-state index in [0.29, 0.717) is 22.6 Å². The van der Waals surface area contributed by atoms with Gasteiger partial charge in [-0.05, 0) is 55.0 Å². The molecule has 0 saturated heterocycles. The summed E-state index contributed by atoms with van der Waals surface area (Å²) in [7, 11) is 3.12. The fourth-order valence-electron chi connectivity index (χ4n) is 2.41. The van der Waals surface area contributed by atoms with Crippen LogP contribution in [0.5, 0.6) is 11.5 Å². The molecule has 4 heteroatoms. The zero-order chi connectivity index (χ0) is 17.5. The van der Waals surface area contributed by atoms with E-state index in [0.717, 1.165) is 0 Å². The zero-order valence-corrected chi connectivity index (χ0v) is 13.8. The SMILES string of the molecule is C=CCC(C(=O)c1ccc(OC)cc1)C(=O)c1ccc(OC)cc1. The number of allylic oxidation sites excluding steroid dienone is 1. The van der Waals surface area contributed by atoms with Gasteiger partial charge in [0.25, 0.3) is 0 Å². The predicted octanol–water partition coefficient (Wildman–Crippen LogP) is 3.96. The molecule has 0 atom stereocenters. The Hall–Kier alpha value is -2.88. The van der Waals surface area contributed by atoms with E-state index in [-0.39, 0.29) is 18.0 Å². The first-order chi connectivity index (χ1) is 11.6. The van der Waals surface area contributed by atoms with Crippen molar-refractivity contribution in [2.45, 2.75) is 6.42 Å². The molecule has 4 nitrogen and oxygen atoms in total. The summed E-state index contributed by atoms with van der Waals surface area (Å²) >= 11 is 0. The second-order valence-electron chi connectivity index (χ2n) is 5.26. The summed E-state index contributed by atoms with van der Waals surface area (Å²) in [5, 5.41) is 0. The highest BCUT2D eigenvalue weighted by molar-refractivity contribution is 6.16. The highest BCUT2D eigenvalue weighted by Crippen LogP contribution is 2.22. The van der Waals surface area contributed by atoms with E-state index in [4.69, 9.17) is 9.47 Å². The van der Waals surface area contributed by atoms with E-state index in [1.165, 1.54) is 0 Å². The number of ketones is 2. The van der Waals surface area contributed by atoms with Gasteiger partial charge in [0, 0.05) is 11.1 Å². The molecule has 0 spiro atoms. The highest BCUT2D eigenvalue weighted by Gasteiger charge is 2.27. The number of carbonyl (C=O) groups excluding carboxylic acids is 2. The molecule has 0 aliphatic rings. The molecule has 24 heavy (non-hydrogen) atoms. The van der Waals surface area contributed by atoms with Gasteiger partial charge in [0.15, 0.2) is 11.6 Å². The molecule has 2 rings (SSSR count). The van der Waals surface area contributed by atoms with Crippen LogP contribution in [0.15, 0.2) is 61.2 Å². The van der Waals surface area contributed by atoms with Crippen LogP contribution in [0, 0.1) is 5.92 Å². The molecule has 0 radical (unpaired) electrons. The molecule has 0 fully saturated rings. The predicted molar refractivity (Wildman–Crippen MR) is 93.0 cm³/mol. The maximum absolute atomic E-state index is 12.7. The maximum Gasteiger partial charge on any atom is 0.174 e. The first-order valence-corrected chi connectivity index (χ1v) is 7.58. The van der Waals surface area contributed by atoms with E-state index >= 15 is 0 Å². The summed E-state index contributed by atoms with van der Waals surface area (Å²) < 4.78 is 10.2.